The summed E-state index contributed by atoms with van der Waals surface area (Å²) in [5, 5.41) is 7.82. The van der Waals surface area contributed by atoms with Crippen molar-refractivity contribution < 1.29 is 55.2 Å². The average molecular weight is 344 g/mol. The largest absolute Gasteiger partial charge is 0.508 e. The fourth-order valence-corrected chi connectivity index (χ4v) is 0.573. The monoisotopic (exact) mass is 344 g/mol. The van der Waals surface area contributed by atoms with Gasteiger partial charge in [-0.05, 0) is 0 Å². The minimum absolute atomic E-state index is 0.416. The van der Waals surface area contributed by atoms with Crippen LogP contribution in [0, 0.1) is 0 Å². The number of ether oxygens (including phenoxy) is 3. The van der Waals surface area contributed by atoms with Gasteiger partial charge in [-0.1, -0.05) is 6.92 Å². The first-order valence-corrected chi connectivity index (χ1v) is 5.59. The van der Waals surface area contributed by atoms with Crippen molar-refractivity contribution >= 4 is 12.3 Å². The van der Waals surface area contributed by atoms with E-state index < -0.39 is 57.3 Å². The van der Waals surface area contributed by atoms with E-state index >= 15 is 0 Å². The molecule has 12 heteroatoms. The number of hydrogen-bond acceptors (Lipinski definition) is 5. The summed E-state index contributed by atoms with van der Waals surface area (Å²) in [4.78, 5) is 19.7. The molecule has 0 aromatic heterocycles. The van der Waals surface area contributed by atoms with Crippen molar-refractivity contribution in [3.05, 3.63) is 0 Å². The molecule has 0 aliphatic rings. The van der Waals surface area contributed by atoms with Gasteiger partial charge in [0.25, 0.3) is 18.8 Å². The smallest absolute Gasteiger partial charge is 0.450 e. The Bertz CT molecular complexity index is 311. The third-order valence-electron chi connectivity index (χ3n) is 1.58. The van der Waals surface area contributed by atoms with Gasteiger partial charge in [-0.2, -0.15) is 0 Å². The van der Waals surface area contributed by atoms with E-state index in [0.29, 0.717) is 0 Å². The highest BCUT2D eigenvalue weighted by Crippen LogP contribution is 2.17. The third kappa shape index (κ3) is 18.1. The summed E-state index contributed by atoms with van der Waals surface area (Å²) in [5.74, 6) is -3.03. The lowest BCUT2D eigenvalue weighted by molar-refractivity contribution is -0.0657. The molecule has 0 aliphatic heterocycles. The zero-order valence-corrected chi connectivity index (χ0v) is 11.2. The number of hydrogen-bond donors (Lipinski definition) is 1. The highest BCUT2D eigenvalue weighted by Gasteiger charge is 2.28. The lowest BCUT2D eigenvalue weighted by Gasteiger charge is -2.11. The number of alkyl halides is 6. The van der Waals surface area contributed by atoms with E-state index in [2.05, 4.69) is 14.2 Å². The minimum Gasteiger partial charge on any atom is -0.450 e. The molecule has 22 heavy (non-hydrogen) atoms. The Kier molecular flexibility index (Phi) is 12.0. The van der Waals surface area contributed by atoms with Gasteiger partial charge in [0.15, 0.2) is 19.8 Å². The highest BCUT2D eigenvalue weighted by atomic mass is 19.3. The van der Waals surface area contributed by atoms with Crippen molar-refractivity contribution in [1.82, 2.24) is 0 Å². The van der Waals surface area contributed by atoms with Crippen LogP contribution >= 0.6 is 0 Å². The van der Waals surface area contributed by atoms with Crippen molar-refractivity contribution in [3.63, 3.8) is 0 Å². The Morgan fingerprint density at radius 3 is 1.68 bits per heavy atom. The van der Waals surface area contributed by atoms with Gasteiger partial charge in [0.2, 0.25) is 0 Å². The molecule has 0 spiro atoms. The molecule has 0 bridgehead atoms. The predicted molar refractivity (Wildman–Crippen MR) is 58.5 cm³/mol. The second-order valence-corrected chi connectivity index (χ2v) is 3.42. The lowest BCUT2D eigenvalue weighted by atomic mass is 10.3. The first kappa shape index (κ1) is 22.4. The van der Waals surface area contributed by atoms with E-state index in [4.69, 9.17) is 5.11 Å². The molecule has 0 aromatic rings. The maximum atomic E-state index is 12.1. The van der Waals surface area contributed by atoms with Gasteiger partial charge in [-0.15, -0.1) is 0 Å². The van der Waals surface area contributed by atoms with E-state index in [1.165, 1.54) is 6.92 Å². The van der Waals surface area contributed by atoms with Gasteiger partial charge in [-0.3, -0.25) is 0 Å². The van der Waals surface area contributed by atoms with Crippen LogP contribution in [-0.4, -0.2) is 56.0 Å². The Morgan fingerprint density at radius 1 is 1.00 bits per heavy atom. The van der Waals surface area contributed by atoms with Crippen LogP contribution in [0.25, 0.3) is 0 Å². The molecule has 6 nitrogen and oxygen atoms in total. The van der Waals surface area contributed by atoms with Crippen LogP contribution in [0.5, 0.6) is 0 Å². The van der Waals surface area contributed by atoms with Crippen LogP contribution in [0.3, 0.4) is 0 Å². The molecule has 0 aromatic carbocycles. The van der Waals surface area contributed by atoms with Crippen molar-refractivity contribution in [2.75, 3.05) is 19.8 Å². The molecule has 132 valence electrons. The Balaban J connectivity index is 0. The first-order chi connectivity index (χ1) is 10.00. The first-order valence-electron chi connectivity index (χ1n) is 5.59. The van der Waals surface area contributed by atoms with Gasteiger partial charge >= 0.3 is 12.3 Å². The normalized spacial score (nSPS) is 10.8. The Hall–Kier alpha value is -1.88. The molecular formula is C10H14F6O6. The van der Waals surface area contributed by atoms with Crippen LogP contribution < -0.4 is 0 Å². The summed E-state index contributed by atoms with van der Waals surface area (Å²) < 4.78 is 80.6. The number of halogens is 6. The van der Waals surface area contributed by atoms with E-state index in [9.17, 15) is 35.9 Å². The summed E-state index contributed by atoms with van der Waals surface area (Å²) in [7, 11) is 0. The van der Waals surface area contributed by atoms with Gasteiger partial charge in [0.1, 0.15) is 0 Å². The third-order valence-corrected chi connectivity index (χ3v) is 1.58. The average Bonchev–Trinajstić information content (AvgIpc) is 2.41. The van der Waals surface area contributed by atoms with Crippen LogP contribution in [-0.2, 0) is 14.2 Å². The van der Waals surface area contributed by atoms with Crippen LogP contribution in [0.4, 0.5) is 35.9 Å². The standard InChI is InChI=1S/C5H6F4O3.C5H8F2O3/c6-3(7)1-11-5(10)12-2-4(8)9;1-2-5(6,7)3-10-4(8)9/h3-4H,1-2H2;2-3H2,1H3,(H,8,9). The second-order valence-electron chi connectivity index (χ2n) is 3.42. The zero-order valence-electron chi connectivity index (χ0n) is 11.2. The maximum Gasteiger partial charge on any atom is 0.508 e. The summed E-state index contributed by atoms with van der Waals surface area (Å²) >= 11 is 0. The quantitative estimate of drug-likeness (QED) is 0.563. The molecule has 0 heterocycles. The van der Waals surface area contributed by atoms with Crippen LogP contribution in [0.1, 0.15) is 13.3 Å². The zero-order chi connectivity index (χ0) is 17.8. The van der Waals surface area contributed by atoms with E-state index in [1.807, 2.05) is 0 Å². The van der Waals surface area contributed by atoms with Crippen LogP contribution in [0.2, 0.25) is 0 Å². The fourth-order valence-electron chi connectivity index (χ4n) is 0.573. The van der Waals surface area contributed by atoms with Gasteiger partial charge in [0.05, 0.1) is 0 Å². The lowest BCUT2D eigenvalue weighted by Crippen LogP contribution is -2.23. The summed E-state index contributed by atoms with van der Waals surface area (Å²) in [6.45, 7) is -2.10. The molecular weight excluding hydrogens is 330 g/mol. The van der Waals surface area contributed by atoms with Crippen molar-refractivity contribution in [2.45, 2.75) is 32.1 Å². The number of carbonyl (C=O) groups is 2. The number of rotatable bonds is 7. The van der Waals surface area contributed by atoms with Gasteiger partial charge in [0, 0.05) is 6.42 Å². The molecule has 0 saturated carbocycles. The Morgan fingerprint density at radius 2 is 1.41 bits per heavy atom. The van der Waals surface area contributed by atoms with Gasteiger partial charge in [-0.25, -0.2) is 35.9 Å². The maximum absolute atomic E-state index is 12.1. The molecule has 0 saturated heterocycles. The fraction of sp³-hybridized carbons (Fsp3) is 0.800. The molecule has 0 unspecified atom stereocenters. The minimum atomic E-state index is -3.03. The van der Waals surface area contributed by atoms with Crippen molar-refractivity contribution in [1.29, 1.82) is 0 Å². The van der Waals surface area contributed by atoms with Gasteiger partial charge < -0.3 is 19.3 Å². The van der Waals surface area contributed by atoms with E-state index in [0.717, 1.165) is 0 Å². The molecule has 0 rings (SSSR count). The number of carbonyl (C=O) groups excluding carboxylic acids is 1. The molecule has 0 radical (unpaired) electrons. The number of carboxylic acid groups (broad SMARTS) is 1. The predicted octanol–water partition coefficient (Wildman–Crippen LogP) is 3.40. The Labute approximate surface area is 120 Å². The van der Waals surface area contributed by atoms with Crippen LogP contribution in [0.15, 0.2) is 0 Å². The summed E-state index contributed by atoms with van der Waals surface area (Å²) in [6, 6.07) is 0. The van der Waals surface area contributed by atoms with Crippen molar-refractivity contribution in [2.24, 2.45) is 0 Å². The van der Waals surface area contributed by atoms with Crippen molar-refractivity contribution in [3.8, 4) is 0 Å². The summed E-state index contributed by atoms with van der Waals surface area (Å²) in [6.07, 6.45) is -9.27. The molecule has 1 N–H and O–H groups in total. The highest BCUT2D eigenvalue weighted by molar-refractivity contribution is 5.59. The summed E-state index contributed by atoms with van der Waals surface area (Å²) in [5.41, 5.74) is 0. The van der Waals surface area contributed by atoms with E-state index in [1.54, 1.807) is 0 Å². The molecule has 0 atom stereocenters. The topological polar surface area (TPSA) is 82.1 Å². The molecule has 0 fully saturated rings. The van der Waals surface area contributed by atoms with E-state index in [-0.39, 0.29) is 0 Å². The second kappa shape index (κ2) is 11.7. The molecule has 0 amide bonds. The molecule has 0 aliphatic carbocycles. The SMILES string of the molecule is CCC(F)(F)COC(=O)O.O=C(OCC(F)F)OCC(F)F.